The van der Waals surface area contributed by atoms with Crippen molar-refractivity contribution >= 4 is 27.6 Å². The average Bonchev–Trinajstić information content (AvgIpc) is 2.75. The van der Waals surface area contributed by atoms with Gasteiger partial charge in [0, 0.05) is 18.5 Å². The minimum Gasteiger partial charge on any atom is -0.497 e. The number of amidine groups is 1. The maximum atomic E-state index is 13.2. The Balaban J connectivity index is 1.95. The van der Waals surface area contributed by atoms with Crippen molar-refractivity contribution in [3.63, 3.8) is 0 Å². The van der Waals surface area contributed by atoms with Crippen LogP contribution in [0.3, 0.4) is 0 Å². The minimum atomic E-state index is -3.77. The van der Waals surface area contributed by atoms with Gasteiger partial charge in [0.05, 0.1) is 12.0 Å². The van der Waals surface area contributed by atoms with Crippen LogP contribution in [-0.2, 0) is 10.0 Å². The highest BCUT2D eigenvalue weighted by molar-refractivity contribution is 7.99. The molecule has 1 heterocycles. The number of rotatable bonds is 7. The summed E-state index contributed by atoms with van der Waals surface area (Å²) in [4.78, 5) is 2.56. The van der Waals surface area contributed by atoms with E-state index in [1.165, 1.54) is 32.1 Å². The van der Waals surface area contributed by atoms with Gasteiger partial charge in [0.15, 0.2) is 0 Å². The molecule has 3 rings (SSSR count). The van der Waals surface area contributed by atoms with Gasteiger partial charge in [-0.15, -0.1) is 4.40 Å². The Morgan fingerprint density at radius 1 is 1.10 bits per heavy atom. The van der Waals surface area contributed by atoms with Crippen molar-refractivity contribution in [2.24, 2.45) is 10.3 Å². The van der Waals surface area contributed by atoms with Crippen LogP contribution in [0.1, 0.15) is 65.2 Å². The summed E-state index contributed by atoms with van der Waals surface area (Å²) in [6.07, 6.45) is 9.07. The van der Waals surface area contributed by atoms with Crippen molar-refractivity contribution in [3.05, 3.63) is 24.3 Å². The maximum Gasteiger partial charge on any atom is 0.283 e. The maximum absolute atomic E-state index is 13.2. The highest BCUT2D eigenvalue weighted by Crippen LogP contribution is 2.31. The van der Waals surface area contributed by atoms with Gasteiger partial charge in [0.25, 0.3) is 10.0 Å². The fourth-order valence-corrected chi connectivity index (χ4v) is 6.79. The van der Waals surface area contributed by atoms with E-state index in [4.69, 9.17) is 4.74 Å². The Bertz CT molecular complexity index is 794. The zero-order valence-corrected chi connectivity index (χ0v) is 20.2. The molecule has 0 atom stereocenters. The van der Waals surface area contributed by atoms with Crippen molar-refractivity contribution in [2.45, 2.75) is 82.2 Å². The van der Waals surface area contributed by atoms with Crippen LogP contribution in [0, 0.1) is 5.92 Å². The monoisotopic (exact) mass is 452 g/mol. The van der Waals surface area contributed by atoms with E-state index in [9.17, 15) is 8.42 Å². The lowest BCUT2D eigenvalue weighted by Crippen LogP contribution is -2.47. The number of hydrogen-bond acceptors (Lipinski definition) is 4. The van der Waals surface area contributed by atoms with E-state index in [2.05, 4.69) is 23.1 Å². The van der Waals surface area contributed by atoms with Crippen LogP contribution in [0.5, 0.6) is 5.75 Å². The number of nitrogens with zero attached hydrogens (tertiary/aromatic N) is 2. The first-order valence-electron chi connectivity index (χ1n) is 11.2. The third-order valence-electron chi connectivity index (χ3n) is 6.22. The van der Waals surface area contributed by atoms with Crippen molar-refractivity contribution in [2.75, 3.05) is 18.6 Å². The number of methoxy groups -OCH3 is 1. The molecule has 1 saturated heterocycles. The van der Waals surface area contributed by atoms with E-state index in [0.29, 0.717) is 17.7 Å². The minimum absolute atomic E-state index is 0.228. The zero-order valence-electron chi connectivity index (χ0n) is 18.5. The van der Waals surface area contributed by atoms with E-state index < -0.39 is 10.0 Å². The van der Waals surface area contributed by atoms with Crippen molar-refractivity contribution in [3.8, 4) is 5.75 Å². The number of benzene rings is 1. The lowest BCUT2D eigenvalue weighted by Gasteiger charge is -2.40. The zero-order chi connectivity index (χ0) is 21.6. The van der Waals surface area contributed by atoms with E-state index in [1.807, 2.05) is 11.8 Å². The van der Waals surface area contributed by atoms with Crippen LogP contribution in [-0.4, -0.2) is 49.9 Å². The van der Waals surface area contributed by atoms with E-state index >= 15 is 0 Å². The molecular weight excluding hydrogens is 416 g/mol. The summed E-state index contributed by atoms with van der Waals surface area (Å²) >= 11 is 1.99. The highest BCUT2D eigenvalue weighted by Gasteiger charge is 2.30. The van der Waals surface area contributed by atoms with Crippen LogP contribution in [0.2, 0.25) is 0 Å². The third kappa shape index (κ3) is 6.16. The summed E-state index contributed by atoms with van der Waals surface area (Å²) in [5, 5.41) is 0. The first-order valence-corrected chi connectivity index (χ1v) is 13.8. The first-order chi connectivity index (χ1) is 14.4. The van der Waals surface area contributed by atoms with Gasteiger partial charge in [-0.1, -0.05) is 32.1 Å². The van der Waals surface area contributed by atoms with Gasteiger partial charge in [-0.25, -0.2) is 0 Å². The number of hydrogen-bond donors (Lipinski definition) is 0. The van der Waals surface area contributed by atoms with Gasteiger partial charge in [0.1, 0.15) is 11.6 Å². The molecule has 7 heteroatoms. The number of sulfonamides is 1. The summed E-state index contributed by atoms with van der Waals surface area (Å²) in [5.41, 5.74) is 0. The first kappa shape index (κ1) is 23.5. The molecule has 1 aliphatic heterocycles. The summed E-state index contributed by atoms with van der Waals surface area (Å²) < 4.78 is 36.1. The fraction of sp³-hybridized carbons (Fsp3) is 0.696. The number of thioether (sulfide) groups is 1. The van der Waals surface area contributed by atoms with Gasteiger partial charge in [-0.2, -0.15) is 20.2 Å². The molecule has 1 aliphatic carbocycles. The van der Waals surface area contributed by atoms with Gasteiger partial charge in [-0.3, -0.25) is 0 Å². The van der Waals surface area contributed by atoms with Gasteiger partial charge in [-0.05, 0) is 68.4 Å². The van der Waals surface area contributed by atoms with Crippen LogP contribution >= 0.6 is 11.8 Å². The molecule has 0 radical (unpaired) electrons. The van der Waals surface area contributed by atoms with Crippen LogP contribution in [0.15, 0.2) is 33.6 Å². The molecule has 0 unspecified atom stereocenters. The normalized spacial score (nSPS) is 19.8. The molecular formula is C23H36N2O3S2. The van der Waals surface area contributed by atoms with Gasteiger partial charge < -0.3 is 9.64 Å². The molecule has 1 aromatic rings. The largest absolute Gasteiger partial charge is 0.497 e. The molecule has 0 N–H and O–H groups in total. The SMILES string of the molecule is COc1ccc(S(=O)(=O)N=C(CC2CCCCC2)N(C(C)C)C2CCSCC2)cc1. The summed E-state index contributed by atoms with van der Waals surface area (Å²) in [7, 11) is -2.19. The second-order valence-electron chi connectivity index (χ2n) is 8.71. The van der Waals surface area contributed by atoms with Crippen molar-refractivity contribution in [1.29, 1.82) is 0 Å². The molecule has 2 aliphatic rings. The van der Waals surface area contributed by atoms with Crippen molar-refractivity contribution < 1.29 is 13.2 Å². The Labute approximate surface area is 186 Å². The topological polar surface area (TPSA) is 59.0 Å². The summed E-state index contributed by atoms with van der Waals surface area (Å²) in [5.74, 6) is 4.21. The van der Waals surface area contributed by atoms with Crippen LogP contribution in [0.4, 0.5) is 0 Å². The van der Waals surface area contributed by atoms with Gasteiger partial charge >= 0.3 is 0 Å². The Morgan fingerprint density at radius 2 is 1.73 bits per heavy atom. The molecule has 2 fully saturated rings. The fourth-order valence-electron chi connectivity index (χ4n) is 4.67. The van der Waals surface area contributed by atoms with Crippen LogP contribution < -0.4 is 4.74 Å². The molecule has 0 spiro atoms. The van der Waals surface area contributed by atoms with E-state index in [-0.39, 0.29) is 10.9 Å². The molecule has 1 saturated carbocycles. The third-order valence-corrected chi connectivity index (χ3v) is 8.59. The molecule has 0 bridgehead atoms. The standard InChI is InChI=1S/C23H36N2O3S2/c1-18(2)25(20-13-15-29-16-14-20)23(17-19-7-5-4-6-8-19)24-30(26,27)22-11-9-21(28-3)10-12-22/h9-12,18-20H,4-8,13-17H2,1-3H3. The highest BCUT2D eigenvalue weighted by atomic mass is 32.2. The predicted molar refractivity (Wildman–Crippen MR) is 126 cm³/mol. The summed E-state index contributed by atoms with van der Waals surface area (Å²) in [6.45, 7) is 4.33. The molecule has 5 nitrogen and oxygen atoms in total. The lowest BCUT2D eigenvalue weighted by molar-refractivity contribution is 0.235. The molecule has 0 aromatic heterocycles. The summed E-state index contributed by atoms with van der Waals surface area (Å²) in [6, 6.07) is 7.15. The van der Waals surface area contributed by atoms with Crippen molar-refractivity contribution in [1.82, 2.24) is 4.90 Å². The predicted octanol–water partition coefficient (Wildman–Crippen LogP) is 5.36. The Hall–Kier alpha value is -1.21. The molecule has 0 amide bonds. The second kappa shape index (κ2) is 10.9. The smallest absolute Gasteiger partial charge is 0.283 e. The van der Waals surface area contributed by atoms with Crippen LogP contribution in [0.25, 0.3) is 0 Å². The molecule has 1 aromatic carbocycles. The van der Waals surface area contributed by atoms with Gasteiger partial charge in [0.2, 0.25) is 0 Å². The lowest BCUT2D eigenvalue weighted by atomic mass is 9.86. The second-order valence-corrected chi connectivity index (χ2v) is 11.5. The Kier molecular flexibility index (Phi) is 8.52. The Morgan fingerprint density at radius 3 is 2.30 bits per heavy atom. The van der Waals surface area contributed by atoms with E-state index in [0.717, 1.165) is 36.6 Å². The number of ether oxygens (including phenoxy) is 1. The quantitative estimate of drug-likeness (QED) is 0.412. The molecule has 30 heavy (non-hydrogen) atoms. The van der Waals surface area contributed by atoms with E-state index in [1.54, 1.807) is 31.4 Å². The molecule has 168 valence electrons. The average molecular weight is 453 g/mol.